The average molecular weight is 212 g/mol. The van der Waals surface area contributed by atoms with Gasteiger partial charge in [-0.15, -0.1) is 0 Å². The fraction of sp³-hybridized carbons (Fsp3) is 0.909. The van der Waals surface area contributed by atoms with E-state index in [0.717, 1.165) is 19.0 Å². The van der Waals surface area contributed by atoms with Gasteiger partial charge in [0.1, 0.15) is 0 Å². The van der Waals surface area contributed by atoms with Crippen LogP contribution in [0.25, 0.3) is 0 Å². The highest BCUT2D eigenvalue weighted by Gasteiger charge is 2.17. The Hall–Kier alpha value is -0.240. The molecule has 1 fully saturated rings. The minimum atomic E-state index is 0.821. The predicted octanol–water partition coefficient (Wildman–Crippen LogP) is 2.60. The van der Waals surface area contributed by atoms with E-state index in [-0.39, 0.29) is 0 Å². The van der Waals surface area contributed by atoms with Crippen LogP contribution >= 0.6 is 12.2 Å². The molecular weight excluding hydrogens is 192 g/mol. The van der Waals surface area contributed by atoms with E-state index in [2.05, 4.69) is 34.2 Å². The summed E-state index contributed by atoms with van der Waals surface area (Å²) < 4.78 is 0. The van der Waals surface area contributed by atoms with Crippen molar-refractivity contribution < 1.29 is 0 Å². The molecule has 0 saturated carbocycles. The van der Waals surface area contributed by atoms with Crippen LogP contribution in [0.2, 0.25) is 0 Å². The Balaban J connectivity index is 2.12. The zero-order valence-corrected chi connectivity index (χ0v) is 9.85. The summed E-state index contributed by atoms with van der Waals surface area (Å²) in [5.41, 5.74) is 0. The van der Waals surface area contributed by atoms with Crippen molar-refractivity contribution in [1.29, 1.82) is 0 Å². The molecule has 0 aromatic carbocycles. The highest BCUT2D eigenvalue weighted by Crippen LogP contribution is 2.21. The molecule has 0 atom stereocenters. The molecule has 1 heterocycles. The SMILES string of the molecule is CCCC1CCN(CCN=C=S)CC1. The molecule has 0 amide bonds. The highest BCUT2D eigenvalue weighted by molar-refractivity contribution is 7.78. The summed E-state index contributed by atoms with van der Waals surface area (Å²) in [6.45, 7) is 6.65. The maximum absolute atomic E-state index is 4.54. The predicted molar refractivity (Wildman–Crippen MR) is 64.0 cm³/mol. The Morgan fingerprint density at radius 1 is 1.43 bits per heavy atom. The van der Waals surface area contributed by atoms with Crippen LogP contribution in [-0.2, 0) is 0 Å². The van der Waals surface area contributed by atoms with E-state index >= 15 is 0 Å². The number of likely N-dealkylation sites (tertiary alicyclic amines) is 1. The molecule has 0 unspecified atom stereocenters. The monoisotopic (exact) mass is 212 g/mol. The fourth-order valence-corrected chi connectivity index (χ4v) is 2.24. The van der Waals surface area contributed by atoms with Gasteiger partial charge in [-0.2, -0.15) is 0 Å². The summed E-state index contributed by atoms with van der Waals surface area (Å²) in [6.07, 6.45) is 5.48. The summed E-state index contributed by atoms with van der Waals surface area (Å²) in [7, 11) is 0. The minimum absolute atomic E-state index is 0.821. The van der Waals surface area contributed by atoms with Gasteiger partial charge in [-0.25, -0.2) is 4.99 Å². The molecule has 3 heteroatoms. The lowest BCUT2D eigenvalue weighted by molar-refractivity contribution is 0.183. The van der Waals surface area contributed by atoms with Gasteiger partial charge in [0.15, 0.2) is 0 Å². The first-order chi connectivity index (χ1) is 6.86. The van der Waals surface area contributed by atoms with Crippen molar-refractivity contribution in [2.45, 2.75) is 32.6 Å². The molecule has 0 N–H and O–H groups in total. The largest absolute Gasteiger partial charge is 0.301 e. The second kappa shape index (κ2) is 7.10. The van der Waals surface area contributed by atoms with Gasteiger partial charge in [0.05, 0.1) is 11.7 Å². The van der Waals surface area contributed by atoms with E-state index < -0.39 is 0 Å². The van der Waals surface area contributed by atoms with Gasteiger partial charge >= 0.3 is 0 Å². The second-order valence-corrected chi connectivity index (χ2v) is 4.23. The molecule has 0 bridgehead atoms. The third kappa shape index (κ3) is 4.32. The van der Waals surface area contributed by atoms with E-state index in [1.165, 1.54) is 38.8 Å². The summed E-state index contributed by atoms with van der Waals surface area (Å²) in [5, 5.41) is 2.42. The maximum atomic E-state index is 4.54. The van der Waals surface area contributed by atoms with Crippen LogP contribution in [0.4, 0.5) is 0 Å². The lowest BCUT2D eigenvalue weighted by Crippen LogP contribution is -2.35. The van der Waals surface area contributed by atoms with Gasteiger partial charge in [0, 0.05) is 6.54 Å². The smallest absolute Gasteiger partial charge is 0.0620 e. The first kappa shape index (κ1) is 11.8. The zero-order valence-electron chi connectivity index (χ0n) is 9.04. The van der Waals surface area contributed by atoms with Crippen LogP contribution < -0.4 is 0 Å². The first-order valence-electron chi connectivity index (χ1n) is 5.62. The van der Waals surface area contributed by atoms with Crippen LogP contribution in [0.15, 0.2) is 4.99 Å². The van der Waals surface area contributed by atoms with Gasteiger partial charge in [-0.1, -0.05) is 19.8 Å². The second-order valence-electron chi connectivity index (χ2n) is 4.05. The quantitative estimate of drug-likeness (QED) is 0.514. The minimum Gasteiger partial charge on any atom is -0.301 e. The van der Waals surface area contributed by atoms with Crippen molar-refractivity contribution in [3.63, 3.8) is 0 Å². The molecule has 1 aliphatic heterocycles. The Morgan fingerprint density at radius 3 is 2.71 bits per heavy atom. The summed E-state index contributed by atoms with van der Waals surface area (Å²) >= 11 is 4.54. The van der Waals surface area contributed by atoms with Gasteiger partial charge in [0.25, 0.3) is 0 Å². The molecule has 2 nitrogen and oxygen atoms in total. The van der Waals surface area contributed by atoms with Crippen molar-refractivity contribution in [3.8, 4) is 0 Å². The van der Waals surface area contributed by atoms with Crippen molar-refractivity contribution in [1.82, 2.24) is 4.90 Å². The molecule has 0 radical (unpaired) electrons. The Kier molecular flexibility index (Phi) is 6.00. The van der Waals surface area contributed by atoms with E-state index in [9.17, 15) is 0 Å². The van der Waals surface area contributed by atoms with Crippen molar-refractivity contribution in [2.24, 2.45) is 10.9 Å². The van der Waals surface area contributed by atoms with E-state index in [0.29, 0.717) is 0 Å². The molecule has 0 aromatic rings. The number of rotatable bonds is 5. The molecule has 80 valence electrons. The van der Waals surface area contributed by atoms with Crippen LogP contribution in [0.5, 0.6) is 0 Å². The van der Waals surface area contributed by atoms with Gasteiger partial charge < -0.3 is 4.90 Å². The molecule has 14 heavy (non-hydrogen) atoms. The molecule has 1 rings (SSSR count). The maximum Gasteiger partial charge on any atom is 0.0620 e. The number of hydrogen-bond donors (Lipinski definition) is 0. The third-order valence-corrected chi connectivity index (χ3v) is 3.13. The highest BCUT2D eigenvalue weighted by atomic mass is 32.1. The van der Waals surface area contributed by atoms with Crippen molar-refractivity contribution >= 4 is 17.4 Å². The van der Waals surface area contributed by atoms with E-state index in [1.54, 1.807) is 0 Å². The average Bonchev–Trinajstić information content (AvgIpc) is 2.21. The Morgan fingerprint density at radius 2 is 2.14 bits per heavy atom. The summed E-state index contributed by atoms with van der Waals surface area (Å²) in [4.78, 5) is 6.43. The topological polar surface area (TPSA) is 15.6 Å². The number of isothiocyanates is 1. The fourth-order valence-electron chi connectivity index (χ4n) is 2.14. The number of thiocarbonyl (C=S) groups is 1. The molecule has 0 spiro atoms. The van der Waals surface area contributed by atoms with Gasteiger partial charge in [-0.3, -0.25) is 0 Å². The number of piperidine rings is 1. The standard InChI is InChI=1S/C11H20N2S/c1-2-3-11-4-7-13(8-5-11)9-6-12-10-14/h11H,2-9H2,1H3. The normalized spacial score (nSPS) is 19.2. The molecule has 1 aliphatic rings. The van der Waals surface area contributed by atoms with Crippen LogP contribution in [0.1, 0.15) is 32.6 Å². The van der Waals surface area contributed by atoms with Gasteiger partial charge in [-0.05, 0) is 44.1 Å². The summed E-state index contributed by atoms with van der Waals surface area (Å²) in [6, 6.07) is 0. The van der Waals surface area contributed by atoms with Crippen LogP contribution in [0.3, 0.4) is 0 Å². The third-order valence-electron chi connectivity index (χ3n) is 3.00. The number of hydrogen-bond acceptors (Lipinski definition) is 3. The lowest BCUT2D eigenvalue weighted by Gasteiger charge is -2.31. The first-order valence-corrected chi connectivity index (χ1v) is 6.03. The molecule has 1 saturated heterocycles. The van der Waals surface area contributed by atoms with Crippen LogP contribution in [0, 0.1) is 5.92 Å². The Bertz CT molecular complexity index is 191. The van der Waals surface area contributed by atoms with Gasteiger partial charge in [0.2, 0.25) is 0 Å². The van der Waals surface area contributed by atoms with Crippen LogP contribution in [-0.4, -0.2) is 36.2 Å². The molecular formula is C11H20N2S. The number of nitrogens with zero attached hydrogens (tertiary/aromatic N) is 2. The molecule has 0 aromatic heterocycles. The van der Waals surface area contributed by atoms with E-state index in [4.69, 9.17) is 0 Å². The van der Waals surface area contributed by atoms with Crippen molar-refractivity contribution in [2.75, 3.05) is 26.2 Å². The number of aliphatic imine (C=N–C) groups is 1. The molecule has 0 aliphatic carbocycles. The lowest BCUT2D eigenvalue weighted by atomic mass is 9.92. The van der Waals surface area contributed by atoms with Crippen molar-refractivity contribution in [3.05, 3.63) is 0 Å². The summed E-state index contributed by atoms with van der Waals surface area (Å²) in [5.74, 6) is 0.977. The zero-order chi connectivity index (χ0) is 10.2. The van der Waals surface area contributed by atoms with E-state index in [1.807, 2.05) is 0 Å². The Labute approximate surface area is 92.4 Å².